The summed E-state index contributed by atoms with van der Waals surface area (Å²) in [7, 11) is -2.60. The number of likely N-dealkylation sites (N-methyl/N-ethyl adjacent to an activating group) is 1. The van der Waals surface area contributed by atoms with Crippen molar-refractivity contribution >= 4 is 43.5 Å². The van der Waals surface area contributed by atoms with Crippen molar-refractivity contribution in [1.82, 2.24) is 10.2 Å². The van der Waals surface area contributed by atoms with Gasteiger partial charge in [0.1, 0.15) is 12.6 Å². The Bertz CT molecular complexity index is 1080. The molecule has 0 aromatic heterocycles. The van der Waals surface area contributed by atoms with Gasteiger partial charge in [-0.3, -0.25) is 13.9 Å². The molecule has 0 spiro atoms. The van der Waals surface area contributed by atoms with Crippen LogP contribution in [0.15, 0.2) is 46.9 Å². The zero-order valence-electron chi connectivity index (χ0n) is 17.1. The second-order valence-electron chi connectivity index (χ2n) is 6.81. The Morgan fingerprint density at radius 3 is 2.35 bits per heavy atom. The molecule has 1 N–H and O–H groups in total. The molecule has 2 amide bonds. The molecule has 11 heteroatoms. The summed E-state index contributed by atoms with van der Waals surface area (Å²) in [5.41, 5.74) is 0.502. The second kappa shape index (κ2) is 10.2. The molecule has 1 atom stereocenters. The van der Waals surface area contributed by atoms with E-state index >= 15 is 0 Å². The third-order valence-corrected chi connectivity index (χ3v) is 6.16. The predicted molar refractivity (Wildman–Crippen MR) is 117 cm³/mol. The molecule has 0 aliphatic carbocycles. The predicted octanol–water partition coefficient (Wildman–Crippen LogP) is 2.66. The van der Waals surface area contributed by atoms with Crippen LogP contribution < -0.4 is 9.62 Å². The van der Waals surface area contributed by atoms with Gasteiger partial charge in [0, 0.05) is 24.1 Å². The Morgan fingerprint density at radius 1 is 1.13 bits per heavy atom. The van der Waals surface area contributed by atoms with Gasteiger partial charge >= 0.3 is 0 Å². The molecule has 2 rings (SSSR count). The molecular weight excluding hydrogens is 496 g/mol. The standard InChI is InChI=1S/C20H22BrF2N3O4S/c1-13(20(28)24-2)25(11-14-5-4-6-15(21)9-14)19(27)12-26(31(3,29)30)16-7-8-17(22)18(23)10-16/h4-10,13H,11-12H2,1-3H3,(H,24,28)/t13-/m1/s1. The fourth-order valence-corrected chi connectivity index (χ4v) is 4.17. The van der Waals surface area contributed by atoms with E-state index in [0.717, 1.165) is 22.9 Å². The number of hydrogen-bond donors (Lipinski definition) is 1. The molecule has 2 aromatic carbocycles. The van der Waals surface area contributed by atoms with Crippen molar-refractivity contribution in [2.24, 2.45) is 0 Å². The Hall–Kier alpha value is -2.53. The van der Waals surface area contributed by atoms with Gasteiger partial charge in [-0.25, -0.2) is 17.2 Å². The minimum atomic E-state index is -4.02. The monoisotopic (exact) mass is 517 g/mol. The number of carbonyl (C=O) groups excluding carboxylic acids is 2. The maximum atomic E-state index is 13.7. The molecule has 2 aromatic rings. The zero-order chi connectivity index (χ0) is 23.3. The van der Waals surface area contributed by atoms with Crippen molar-refractivity contribution < 1.29 is 26.8 Å². The van der Waals surface area contributed by atoms with Crippen LogP contribution in [0, 0.1) is 11.6 Å². The molecule has 0 saturated heterocycles. The van der Waals surface area contributed by atoms with Crippen molar-refractivity contribution in [3.63, 3.8) is 0 Å². The van der Waals surface area contributed by atoms with Crippen LogP contribution in [0.4, 0.5) is 14.5 Å². The van der Waals surface area contributed by atoms with Crippen LogP contribution in [0.1, 0.15) is 12.5 Å². The minimum Gasteiger partial charge on any atom is -0.357 e. The number of sulfonamides is 1. The maximum absolute atomic E-state index is 13.7. The van der Waals surface area contributed by atoms with Crippen molar-refractivity contribution in [1.29, 1.82) is 0 Å². The summed E-state index contributed by atoms with van der Waals surface area (Å²) in [5, 5.41) is 2.46. The second-order valence-corrected chi connectivity index (χ2v) is 9.63. The Morgan fingerprint density at radius 2 is 1.81 bits per heavy atom. The van der Waals surface area contributed by atoms with Crippen molar-refractivity contribution in [2.75, 3.05) is 24.2 Å². The molecular formula is C20H22BrF2N3O4S. The first-order valence-electron chi connectivity index (χ1n) is 9.12. The third-order valence-electron chi connectivity index (χ3n) is 4.53. The van der Waals surface area contributed by atoms with Gasteiger partial charge in [-0.05, 0) is 36.8 Å². The molecule has 0 aliphatic heterocycles. The van der Waals surface area contributed by atoms with E-state index in [1.165, 1.54) is 18.9 Å². The summed E-state index contributed by atoms with van der Waals surface area (Å²) in [6.07, 6.45) is 0.850. The lowest BCUT2D eigenvalue weighted by atomic mass is 10.1. The number of rotatable bonds is 8. The maximum Gasteiger partial charge on any atom is 0.244 e. The van der Waals surface area contributed by atoms with Crippen molar-refractivity contribution in [3.8, 4) is 0 Å². The number of carbonyl (C=O) groups is 2. The summed E-state index contributed by atoms with van der Waals surface area (Å²) in [6, 6.07) is 8.70. The van der Waals surface area contributed by atoms with Gasteiger partial charge in [0.05, 0.1) is 11.9 Å². The van der Waals surface area contributed by atoms with Gasteiger partial charge < -0.3 is 10.2 Å². The molecule has 0 aliphatic rings. The summed E-state index contributed by atoms with van der Waals surface area (Å²) < 4.78 is 53.0. The average Bonchev–Trinajstić information content (AvgIpc) is 2.70. The molecule has 0 saturated carbocycles. The number of benzene rings is 2. The molecule has 7 nitrogen and oxygen atoms in total. The van der Waals surface area contributed by atoms with Gasteiger partial charge in [-0.15, -0.1) is 0 Å². The van der Waals surface area contributed by atoms with Gasteiger partial charge in [-0.1, -0.05) is 28.1 Å². The summed E-state index contributed by atoms with van der Waals surface area (Å²) in [5.74, 6) is -3.52. The molecule has 0 bridgehead atoms. The quantitative estimate of drug-likeness (QED) is 0.583. The summed E-state index contributed by atoms with van der Waals surface area (Å²) in [6.45, 7) is 0.846. The Balaban J connectivity index is 2.40. The van der Waals surface area contributed by atoms with Crippen LogP contribution in [-0.4, -0.2) is 51.0 Å². The fraction of sp³-hybridized carbons (Fsp3) is 0.300. The third kappa shape index (κ3) is 6.47. The number of hydrogen-bond acceptors (Lipinski definition) is 4. The normalized spacial score (nSPS) is 12.2. The smallest absolute Gasteiger partial charge is 0.244 e. The van der Waals surface area contributed by atoms with E-state index in [0.29, 0.717) is 15.9 Å². The van der Waals surface area contributed by atoms with Crippen LogP contribution in [0.5, 0.6) is 0 Å². The van der Waals surface area contributed by atoms with Gasteiger partial charge in [0.2, 0.25) is 21.8 Å². The first kappa shape index (κ1) is 24.7. The van der Waals surface area contributed by atoms with E-state index in [4.69, 9.17) is 0 Å². The zero-order valence-corrected chi connectivity index (χ0v) is 19.5. The fourth-order valence-electron chi connectivity index (χ4n) is 2.88. The lowest BCUT2D eigenvalue weighted by Gasteiger charge is -2.31. The average molecular weight is 518 g/mol. The molecule has 168 valence electrons. The minimum absolute atomic E-state index is 0.0300. The van der Waals surface area contributed by atoms with Gasteiger partial charge in [-0.2, -0.15) is 0 Å². The summed E-state index contributed by atoms with van der Waals surface area (Å²) >= 11 is 3.34. The first-order chi connectivity index (χ1) is 14.4. The number of halogens is 3. The van der Waals surface area contributed by atoms with Crippen LogP contribution in [0.25, 0.3) is 0 Å². The van der Waals surface area contributed by atoms with E-state index in [2.05, 4.69) is 21.2 Å². The van der Waals surface area contributed by atoms with Gasteiger partial charge in [0.15, 0.2) is 11.6 Å². The number of anilines is 1. The molecule has 0 unspecified atom stereocenters. The lowest BCUT2D eigenvalue weighted by molar-refractivity contribution is -0.139. The highest BCUT2D eigenvalue weighted by molar-refractivity contribution is 9.10. The van der Waals surface area contributed by atoms with Crippen LogP contribution in [-0.2, 0) is 26.2 Å². The Labute approximate surface area is 188 Å². The molecule has 31 heavy (non-hydrogen) atoms. The summed E-state index contributed by atoms with van der Waals surface area (Å²) in [4.78, 5) is 26.6. The number of nitrogens with one attached hydrogen (secondary N) is 1. The van der Waals surface area contributed by atoms with E-state index in [-0.39, 0.29) is 12.2 Å². The molecule has 0 radical (unpaired) electrons. The highest BCUT2D eigenvalue weighted by atomic mass is 79.9. The van der Waals surface area contributed by atoms with Crippen molar-refractivity contribution in [2.45, 2.75) is 19.5 Å². The van der Waals surface area contributed by atoms with E-state index in [1.807, 2.05) is 0 Å². The molecule has 0 heterocycles. The van der Waals surface area contributed by atoms with Crippen LogP contribution in [0.3, 0.4) is 0 Å². The SMILES string of the molecule is CNC(=O)[C@@H](C)N(Cc1cccc(Br)c1)C(=O)CN(c1ccc(F)c(F)c1)S(C)(=O)=O. The van der Waals surface area contributed by atoms with E-state index in [1.54, 1.807) is 24.3 Å². The van der Waals surface area contributed by atoms with Crippen LogP contribution in [0.2, 0.25) is 0 Å². The van der Waals surface area contributed by atoms with Gasteiger partial charge in [0.25, 0.3) is 0 Å². The van der Waals surface area contributed by atoms with Crippen LogP contribution >= 0.6 is 15.9 Å². The Kier molecular flexibility index (Phi) is 8.13. The number of amides is 2. The van der Waals surface area contributed by atoms with E-state index in [9.17, 15) is 26.8 Å². The highest BCUT2D eigenvalue weighted by Crippen LogP contribution is 2.22. The topological polar surface area (TPSA) is 86.8 Å². The first-order valence-corrected chi connectivity index (χ1v) is 11.8. The van der Waals surface area contributed by atoms with Crippen molar-refractivity contribution in [3.05, 3.63) is 64.1 Å². The van der Waals surface area contributed by atoms with E-state index < -0.39 is 46.1 Å². The largest absolute Gasteiger partial charge is 0.357 e. The molecule has 0 fully saturated rings. The highest BCUT2D eigenvalue weighted by Gasteiger charge is 2.30. The number of nitrogens with zero attached hydrogens (tertiary/aromatic N) is 2. The lowest BCUT2D eigenvalue weighted by Crippen LogP contribution is -2.50.